The monoisotopic (exact) mass is 274 g/mol. The summed E-state index contributed by atoms with van der Waals surface area (Å²) in [5.41, 5.74) is 4.39. The van der Waals surface area contributed by atoms with Crippen LogP contribution >= 0.6 is 0 Å². The Morgan fingerprint density at radius 1 is 1.37 bits per heavy atom. The van der Waals surface area contributed by atoms with Crippen LogP contribution in [0.4, 0.5) is 14.5 Å². The quantitative estimate of drug-likeness (QED) is 0.634. The zero-order chi connectivity index (χ0) is 14.6. The summed E-state index contributed by atoms with van der Waals surface area (Å²) in [5, 5.41) is 19.5. The van der Waals surface area contributed by atoms with Crippen molar-refractivity contribution in [3.63, 3.8) is 0 Å². The van der Waals surface area contributed by atoms with Gasteiger partial charge in [0.05, 0.1) is 0 Å². The summed E-state index contributed by atoms with van der Waals surface area (Å²) in [6.07, 6.45) is -0.495. The molecule has 1 amide bonds. The second-order valence-electron chi connectivity index (χ2n) is 3.79. The number of carbonyl (C=O) groups is 2. The van der Waals surface area contributed by atoms with Gasteiger partial charge in [0.15, 0.2) is 11.6 Å². The molecule has 1 unspecified atom stereocenters. The highest BCUT2D eigenvalue weighted by Crippen LogP contribution is 2.26. The summed E-state index contributed by atoms with van der Waals surface area (Å²) < 4.78 is 26.6. The van der Waals surface area contributed by atoms with Gasteiger partial charge in [0, 0.05) is 6.42 Å². The smallest absolute Gasteiger partial charge is 0.320 e. The Kier molecular flexibility index (Phi) is 4.76. The van der Waals surface area contributed by atoms with Gasteiger partial charge in [-0.3, -0.25) is 9.59 Å². The van der Waals surface area contributed by atoms with Gasteiger partial charge in [-0.15, -0.1) is 0 Å². The third-order valence-corrected chi connectivity index (χ3v) is 2.33. The standard InChI is InChI=1S/C11H12F2N2O4/c12-5-1-3-7(16)9(13)10(5)15-8(17)4-2-6(14)11(18)19/h1,3,6,16H,2,4,14H2,(H,15,17)(H,18,19). The normalized spacial score (nSPS) is 11.9. The summed E-state index contributed by atoms with van der Waals surface area (Å²) in [6, 6.07) is 0.363. The van der Waals surface area contributed by atoms with E-state index in [1.54, 1.807) is 0 Å². The van der Waals surface area contributed by atoms with E-state index >= 15 is 0 Å². The largest absolute Gasteiger partial charge is 0.505 e. The number of carboxylic acids is 1. The molecule has 1 atom stereocenters. The maximum Gasteiger partial charge on any atom is 0.320 e. The molecule has 0 saturated heterocycles. The predicted octanol–water partition coefficient (Wildman–Crippen LogP) is 0.801. The summed E-state index contributed by atoms with van der Waals surface area (Å²) in [4.78, 5) is 21.8. The van der Waals surface area contributed by atoms with Gasteiger partial charge >= 0.3 is 5.97 Å². The number of aromatic hydroxyl groups is 1. The highest BCUT2D eigenvalue weighted by molar-refractivity contribution is 5.91. The SMILES string of the molecule is NC(CCC(=O)Nc1c(F)ccc(O)c1F)C(=O)O. The Hall–Kier alpha value is -2.22. The first-order valence-electron chi connectivity index (χ1n) is 5.28. The lowest BCUT2D eigenvalue weighted by atomic mass is 10.1. The van der Waals surface area contributed by atoms with E-state index in [-0.39, 0.29) is 12.8 Å². The van der Waals surface area contributed by atoms with Crippen molar-refractivity contribution in [1.82, 2.24) is 0 Å². The summed E-state index contributed by atoms with van der Waals surface area (Å²) in [6.45, 7) is 0. The molecule has 0 saturated carbocycles. The lowest BCUT2D eigenvalue weighted by Gasteiger charge is -2.09. The molecule has 1 aromatic rings. The number of hydrogen-bond acceptors (Lipinski definition) is 4. The third kappa shape index (κ3) is 3.88. The second-order valence-corrected chi connectivity index (χ2v) is 3.79. The van der Waals surface area contributed by atoms with Crippen molar-refractivity contribution in [2.24, 2.45) is 5.73 Å². The molecular formula is C11H12F2N2O4. The maximum absolute atomic E-state index is 13.3. The van der Waals surface area contributed by atoms with Gasteiger partial charge in [-0.25, -0.2) is 8.78 Å². The number of benzene rings is 1. The van der Waals surface area contributed by atoms with Crippen LogP contribution in [0.1, 0.15) is 12.8 Å². The van der Waals surface area contributed by atoms with Crippen LogP contribution in [0.5, 0.6) is 5.75 Å². The molecule has 0 radical (unpaired) electrons. The number of carbonyl (C=O) groups excluding carboxylic acids is 1. The molecule has 1 aromatic carbocycles. The van der Waals surface area contributed by atoms with Crippen molar-refractivity contribution in [2.75, 3.05) is 5.32 Å². The number of aliphatic carboxylic acids is 1. The Balaban J connectivity index is 2.68. The molecule has 6 nitrogen and oxygen atoms in total. The molecule has 0 heterocycles. The van der Waals surface area contributed by atoms with Crippen LogP contribution in [0, 0.1) is 11.6 Å². The summed E-state index contributed by atoms with van der Waals surface area (Å²) in [5.74, 6) is -5.23. The van der Waals surface area contributed by atoms with E-state index in [1.807, 2.05) is 5.32 Å². The van der Waals surface area contributed by atoms with Crippen LogP contribution in [-0.4, -0.2) is 28.1 Å². The van der Waals surface area contributed by atoms with Gasteiger partial charge in [0.1, 0.15) is 17.5 Å². The number of halogens is 2. The summed E-state index contributed by atoms with van der Waals surface area (Å²) >= 11 is 0. The Labute approximate surface area is 106 Å². The zero-order valence-electron chi connectivity index (χ0n) is 9.69. The van der Waals surface area contributed by atoms with Gasteiger partial charge in [0.25, 0.3) is 0 Å². The lowest BCUT2D eigenvalue weighted by molar-refractivity contribution is -0.138. The second kappa shape index (κ2) is 6.10. The number of phenolic OH excluding ortho intramolecular Hbond substituents is 1. The van der Waals surface area contributed by atoms with Crippen LogP contribution in [0.15, 0.2) is 12.1 Å². The van der Waals surface area contributed by atoms with Crippen molar-refractivity contribution >= 4 is 17.6 Å². The highest BCUT2D eigenvalue weighted by Gasteiger charge is 2.18. The number of phenols is 1. The molecule has 0 aliphatic rings. The number of anilines is 1. The molecule has 0 aromatic heterocycles. The van der Waals surface area contributed by atoms with E-state index in [2.05, 4.69) is 0 Å². The number of rotatable bonds is 5. The van der Waals surface area contributed by atoms with Crippen molar-refractivity contribution in [3.05, 3.63) is 23.8 Å². The molecular weight excluding hydrogens is 262 g/mol. The first kappa shape index (κ1) is 14.8. The number of hydrogen-bond donors (Lipinski definition) is 4. The van der Waals surface area contributed by atoms with E-state index in [1.165, 1.54) is 0 Å². The molecule has 1 rings (SSSR count). The van der Waals surface area contributed by atoms with Gasteiger partial charge in [0.2, 0.25) is 5.91 Å². The fourth-order valence-corrected chi connectivity index (χ4v) is 1.27. The Bertz CT molecular complexity index is 508. The van der Waals surface area contributed by atoms with E-state index in [0.29, 0.717) is 0 Å². The average Bonchev–Trinajstić information content (AvgIpc) is 2.36. The number of carboxylic acid groups (broad SMARTS) is 1. The van der Waals surface area contributed by atoms with E-state index in [0.717, 1.165) is 12.1 Å². The number of nitrogens with two attached hydrogens (primary N) is 1. The van der Waals surface area contributed by atoms with Crippen LogP contribution in [0.2, 0.25) is 0 Å². The molecule has 0 spiro atoms. The minimum atomic E-state index is -1.30. The minimum absolute atomic E-state index is 0.177. The van der Waals surface area contributed by atoms with Crippen LogP contribution in [0.25, 0.3) is 0 Å². The number of amides is 1. The maximum atomic E-state index is 13.3. The van der Waals surface area contributed by atoms with Crippen LogP contribution < -0.4 is 11.1 Å². The van der Waals surface area contributed by atoms with E-state index < -0.39 is 41.0 Å². The van der Waals surface area contributed by atoms with Crippen molar-refractivity contribution in [1.29, 1.82) is 0 Å². The Morgan fingerprint density at radius 3 is 2.58 bits per heavy atom. The lowest BCUT2D eigenvalue weighted by Crippen LogP contribution is -2.31. The number of nitrogens with one attached hydrogen (secondary N) is 1. The topological polar surface area (TPSA) is 113 Å². The highest BCUT2D eigenvalue weighted by atomic mass is 19.1. The minimum Gasteiger partial charge on any atom is -0.505 e. The molecule has 0 aliphatic heterocycles. The van der Waals surface area contributed by atoms with Gasteiger partial charge in [-0.05, 0) is 18.6 Å². The van der Waals surface area contributed by atoms with Crippen LogP contribution in [0.3, 0.4) is 0 Å². The Morgan fingerprint density at radius 2 is 2.00 bits per heavy atom. The van der Waals surface area contributed by atoms with E-state index in [9.17, 15) is 18.4 Å². The fraction of sp³-hybridized carbons (Fsp3) is 0.273. The first-order valence-corrected chi connectivity index (χ1v) is 5.28. The summed E-state index contributed by atoms with van der Waals surface area (Å²) in [7, 11) is 0. The molecule has 0 bridgehead atoms. The zero-order valence-corrected chi connectivity index (χ0v) is 9.69. The molecule has 5 N–H and O–H groups in total. The molecule has 19 heavy (non-hydrogen) atoms. The van der Waals surface area contributed by atoms with Crippen molar-refractivity contribution in [3.8, 4) is 5.75 Å². The molecule has 8 heteroatoms. The van der Waals surface area contributed by atoms with Gasteiger partial charge in [-0.2, -0.15) is 0 Å². The third-order valence-electron chi connectivity index (χ3n) is 2.33. The van der Waals surface area contributed by atoms with Gasteiger partial charge < -0.3 is 21.3 Å². The van der Waals surface area contributed by atoms with E-state index in [4.69, 9.17) is 15.9 Å². The predicted molar refractivity (Wildman–Crippen MR) is 61.5 cm³/mol. The van der Waals surface area contributed by atoms with Gasteiger partial charge in [-0.1, -0.05) is 0 Å². The molecule has 0 fully saturated rings. The average molecular weight is 274 g/mol. The van der Waals surface area contributed by atoms with Crippen molar-refractivity contribution < 1.29 is 28.6 Å². The van der Waals surface area contributed by atoms with Crippen molar-refractivity contribution in [2.45, 2.75) is 18.9 Å². The molecule has 104 valence electrons. The fourth-order valence-electron chi connectivity index (χ4n) is 1.27. The molecule has 0 aliphatic carbocycles. The van der Waals surface area contributed by atoms with Crippen LogP contribution in [-0.2, 0) is 9.59 Å². The first-order chi connectivity index (χ1) is 8.82.